The highest BCUT2D eigenvalue weighted by Crippen LogP contribution is 2.47. The van der Waals surface area contributed by atoms with E-state index in [0.29, 0.717) is 22.7 Å². The fraction of sp³-hybridized carbons (Fsp3) is 0.364. The van der Waals surface area contributed by atoms with E-state index in [1.165, 1.54) is 0 Å². The van der Waals surface area contributed by atoms with E-state index in [0.717, 1.165) is 31.4 Å². The molecule has 3 amide bonds. The second kappa shape index (κ2) is 7.66. The Morgan fingerprint density at radius 2 is 1.55 bits per heavy atom. The number of benzene rings is 2. The zero-order valence-corrected chi connectivity index (χ0v) is 16.6. The summed E-state index contributed by atoms with van der Waals surface area (Å²) in [4.78, 5) is 24.3. The Kier molecular flexibility index (Phi) is 5.05. The van der Waals surface area contributed by atoms with Gasteiger partial charge in [-0.05, 0) is 63.1 Å². The molecule has 29 heavy (non-hydrogen) atoms. The summed E-state index contributed by atoms with van der Waals surface area (Å²) in [7, 11) is 0. The SMILES string of the molecule is CC(C)NC(=O)Nc1ccc(C(=O)Nc2ccc3c(c2)OC2(CCCC2)O3)cc1. The molecule has 0 saturated heterocycles. The van der Waals surface area contributed by atoms with Crippen molar-refractivity contribution in [2.75, 3.05) is 10.6 Å². The van der Waals surface area contributed by atoms with E-state index in [9.17, 15) is 9.59 Å². The Morgan fingerprint density at radius 1 is 0.897 bits per heavy atom. The fourth-order valence-electron chi connectivity index (χ4n) is 3.63. The molecular weight excluding hydrogens is 370 g/mol. The molecule has 0 atom stereocenters. The quantitative estimate of drug-likeness (QED) is 0.711. The normalized spacial score (nSPS) is 16.1. The minimum absolute atomic E-state index is 0.0466. The van der Waals surface area contributed by atoms with Crippen molar-refractivity contribution < 1.29 is 19.1 Å². The van der Waals surface area contributed by atoms with Crippen LogP contribution >= 0.6 is 0 Å². The average Bonchev–Trinajstić information content (AvgIpc) is 3.27. The molecule has 4 rings (SSSR count). The van der Waals surface area contributed by atoms with Crippen LogP contribution in [0.5, 0.6) is 11.5 Å². The number of carbonyl (C=O) groups is 2. The lowest BCUT2D eigenvalue weighted by Crippen LogP contribution is -2.34. The third-order valence-corrected chi connectivity index (χ3v) is 4.98. The maximum atomic E-state index is 12.6. The highest BCUT2D eigenvalue weighted by molar-refractivity contribution is 6.04. The van der Waals surface area contributed by atoms with Crippen LogP contribution in [0.3, 0.4) is 0 Å². The van der Waals surface area contributed by atoms with Crippen LogP contribution in [0.2, 0.25) is 0 Å². The van der Waals surface area contributed by atoms with Crippen molar-refractivity contribution in [1.29, 1.82) is 0 Å². The molecule has 152 valence electrons. The Morgan fingerprint density at radius 3 is 2.24 bits per heavy atom. The summed E-state index contributed by atoms with van der Waals surface area (Å²) in [5, 5.41) is 8.36. The van der Waals surface area contributed by atoms with Gasteiger partial charge < -0.3 is 25.4 Å². The van der Waals surface area contributed by atoms with E-state index in [4.69, 9.17) is 9.47 Å². The number of nitrogens with one attached hydrogen (secondary N) is 3. The van der Waals surface area contributed by atoms with Crippen molar-refractivity contribution in [1.82, 2.24) is 5.32 Å². The van der Waals surface area contributed by atoms with Crippen LogP contribution in [0.15, 0.2) is 42.5 Å². The number of amides is 3. The van der Waals surface area contributed by atoms with Crippen LogP contribution < -0.4 is 25.4 Å². The molecule has 3 N–H and O–H groups in total. The Bertz CT molecular complexity index is 918. The van der Waals surface area contributed by atoms with Gasteiger partial charge in [-0.15, -0.1) is 0 Å². The number of urea groups is 1. The lowest BCUT2D eigenvalue weighted by molar-refractivity contribution is -0.0716. The summed E-state index contributed by atoms with van der Waals surface area (Å²) in [6.45, 7) is 3.77. The van der Waals surface area contributed by atoms with Crippen molar-refractivity contribution in [3.63, 3.8) is 0 Å². The molecule has 0 bridgehead atoms. The van der Waals surface area contributed by atoms with Crippen molar-refractivity contribution in [2.24, 2.45) is 0 Å². The molecule has 1 aliphatic heterocycles. The summed E-state index contributed by atoms with van der Waals surface area (Å²) in [6.07, 6.45) is 3.97. The summed E-state index contributed by atoms with van der Waals surface area (Å²) in [6, 6.07) is 11.9. The molecule has 7 heteroatoms. The van der Waals surface area contributed by atoms with Crippen LogP contribution in [0.1, 0.15) is 49.9 Å². The van der Waals surface area contributed by atoms with Gasteiger partial charge in [0, 0.05) is 41.9 Å². The monoisotopic (exact) mass is 395 g/mol. The Hall–Kier alpha value is -3.22. The molecule has 0 aromatic heterocycles. The predicted octanol–water partition coefficient (Wildman–Crippen LogP) is 4.51. The summed E-state index contributed by atoms with van der Waals surface area (Å²) < 4.78 is 12.0. The average molecular weight is 395 g/mol. The first-order valence-corrected chi connectivity index (χ1v) is 9.93. The Balaban J connectivity index is 1.38. The van der Waals surface area contributed by atoms with Crippen LogP contribution in [0.4, 0.5) is 16.2 Å². The van der Waals surface area contributed by atoms with Gasteiger partial charge in [-0.2, -0.15) is 0 Å². The highest BCUT2D eigenvalue weighted by atomic mass is 16.7. The fourth-order valence-corrected chi connectivity index (χ4v) is 3.63. The van der Waals surface area contributed by atoms with Gasteiger partial charge in [-0.3, -0.25) is 4.79 Å². The van der Waals surface area contributed by atoms with Gasteiger partial charge in [0.2, 0.25) is 0 Å². The second-order valence-electron chi connectivity index (χ2n) is 7.77. The van der Waals surface area contributed by atoms with E-state index in [1.54, 1.807) is 36.4 Å². The van der Waals surface area contributed by atoms with Gasteiger partial charge in [0.1, 0.15) is 0 Å². The van der Waals surface area contributed by atoms with Crippen molar-refractivity contribution >= 4 is 23.3 Å². The number of rotatable bonds is 4. The van der Waals surface area contributed by atoms with Gasteiger partial charge in [0.25, 0.3) is 11.7 Å². The largest absolute Gasteiger partial charge is 0.448 e. The molecule has 1 spiro atoms. The predicted molar refractivity (Wildman–Crippen MR) is 111 cm³/mol. The zero-order chi connectivity index (χ0) is 20.4. The first-order chi connectivity index (χ1) is 13.9. The summed E-state index contributed by atoms with van der Waals surface area (Å²) in [5.41, 5.74) is 1.75. The molecule has 1 saturated carbocycles. The van der Waals surface area contributed by atoms with Gasteiger partial charge >= 0.3 is 6.03 Å². The van der Waals surface area contributed by atoms with Crippen molar-refractivity contribution in [3.8, 4) is 11.5 Å². The van der Waals surface area contributed by atoms with Crippen molar-refractivity contribution in [3.05, 3.63) is 48.0 Å². The van der Waals surface area contributed by atoms with E-state index >= 15 is 0 Å². The topological polar surface area (TPSA) is 88.7 Å². The number of hydrogen-bond donors (Lipinski definition) is 3. The standard InChI is InChI=1S/C22H25N3O4/c1-14(2)23-21(27)25-16-7-5-15(6-8-16)20(26)24-17-9-10-18-19(13-17)29-22(28-18)11-3-4-12-22/h5-10,13-14H,3-4,11-12H2,1-2H3,(H,24,26)(H2,23,25,27). The minimum Gasteiger partial charge on any atom is -0.448 e. The number of ether oxygens (including phenoxy) is 2. The molecule has 2 aromatic rings. The molecule has 1 fully saturated rings. The van der Waals surface area contributed by atoms with E-state index in [1.807, 2.05) is 19.9 Å². The second-order valence-corrected chi connectivity index (χ2v) is 7.77. The third kappa shape index (κ3) is 4.29. The first-order valence-electron chi connectivity index (χ1n) is 9.93. The van der Waals surface area contributed by atoms with Gasteiger partial charge in [0.05, 0.1) is 0 Å². The van der Waals surface area contributed by atoms with Gasteiger partial charge in [0.15, 0.2) is 11.5 Å². The Labute approximate surface area is 169 Å². The molecule has 0 unspecified atom stereocenters. The van der Waals surface area contributed by atoms with Crippen molar-refractivity contribution in [2.45, 2.75) is 51.4 Å². The molecule has 0 radical (unpaired) electrons. The third-order valence-electron chi connectivity index (χ3n) is 4.98. The smallest absolute Gasteiger partial charge is 0.319 e. The number of carbonyl (C=O) groups excluding carboxylic acids is 2. The zero-order valence-electron chi connectivity index (χ0n) is 16.6. The van der Waals surface area contributed by atoms with Gasteiger partial charge in [-0.1, -0.05) is 0 Å². The van der Waals surface area contributed by atoms with Crippen LogP contribution in [0.25, 0.3) is 0 Å². The molecule has 2 aromatic carbocycles. The van der Waals surface area contributed by atoms with E-state index in [-0.39, 0.29) is 18.0 Å². The van der Waals surface area contributed by atoms with E-state index in [2.05, 4.69) is 16.0 Å². The lowest BCUT2D eigenvalue weighted by Gasteiger charge is -2.21. The summed E-state index contributed by atoms with van der Waals surface area (Å²) in [5.74, 6) is 0.633. The van der Waals surface area contributed by atoms with E-state index < -0.39 is 5.79 Å². The number of anilines is 2. The van der Waals surface area contributed by atoms with Crippen LogP contribution in [-0.4, -0.2) is 23.8 Å². The lowest BCUT2D eigenvalue weighted by atomic mass is 10.2. The van der Waals surface area contributed by atoms with Crippen LogP contribution in [-0.2, 0) is 0 Å². The number of hydrogen-bond acceptors (Lipinski definition) is 4. The highest BCUT2D eigenvalue weighted by Gasteiger charge is 2.44. The summed E-state index contributed by atoms with van der Waals surface area (Å²) >= 11 is 0. The van der Waals surface area contributed by atoms with Crippen LogP contribution in [0, 0.1) is 0 Å². The first kappa shape index (κ1) is 19.1. The van der Waals surface area contributed by atoms with Gasteiger partial charge in [-0.25, -0.2) is 4.79 Å². The molecule has 7 nitrogen and oxygen atoms in total. The maximum Gasteiger partial charge on any atom is 0.319 e. The molecule has 1 aliphatic carbocycles. The molecule has 2 aliphatic rings. The minimum atomic E-state index is -0.518. The molecular formula is C22H25N3O4. The maximum absolute atomic E-state index is 12.6. The molecule has 1 heterocycles. The number of fused-ring (bicyclic) bond motifs is 1.